The predicted molar refractivity (Wildman–Crippen MR) is 95.9 cm³/mol. The van der Waals surface area contributed by atoms with Crippen LogP contribution < -0.4 is 10.6 Å². The second-order valence-electron chi connectivity index (χ2n) is 5.57. The van der Waals surface area contributed by atoms with E-state index in [0.717, 1.165) is 17.6 Å². The lowest BCUT2D eigenvalue weighted by molar-refractivity contribution is 0.295. The summed E-state index contributed by atoms with van der Waals surface area (Å²) in [6.45, 7) is 2.92. The van der Waals surface area contributed by atoms with Crippen LogP contribution in [0.15, 0.2) is 21.8 Å². The van der Waals surface area contributed by atoms with Gasteiger partial charge in [0.05, 0.1) is 6.54 Å². The summed E-state index contributed by atoms with van der Waals surface area (Å²) in [5.41, 5.74) is 0.889. The van der Waals surface area contributed by atoms with Crippen LogP contribution in [-0.4, -0.2) is 24.2 Å². The Bertz CT molecular complexity index is 400. The average molecular weight is 406 g/mol. The molecule has 1 fully saturated rings. The van der Waals surface area contributed by atoms with Gasteiger partial charge in [0, 0.05) is 19.2 Å². The van der Waals surface area contributed by atoms with Crippen molar-refractivity contribution in [3.8, 4) is 0 Å². The summed E-state index contributed by atoms with van der Waals surface area (Å²) in [7, 11) is 1.81. The van der Waals surface area contributed by atoms with Crippen molar-refractivity contribution in [1.29, 1.82) is 0 Å². The fourth-order valence-electron chi connectivity index (χ4n) is 2.89. The quantitative estimate of drug-likeness (QED) is 0.448. The molecule has 5 nitrogen and oxygen atoms in total. The van der Waals surface area contributed by atoms with Gasteiger partial charge < -0.3 is 15.2 Å². The minimum atomic E-state index is 0. The van der Waals surface area contributed by atoms with E-state index >= 15 is 0 Å². The molecule has 0 atom stereocenters. The van der Waals surface area contributed by atoms with Crippen LogP contribution in [0, 0.1) is 5.92 Å². The van der Waals surface area contributed by atoms with Crippen molar-refractivity contribution >= 4 is 29.9 Å². The highest BCUT2D eigenvalue weighted by atomic mass is 127. The Labute approximate surface area is 144 Å². The SMILES string of the molecule is CCCC1CCC(NC(=NC)NCc2ccon2)CC1.I. The van der Waals surface area contributed by atoms with Crippen LogP contribution in [0.2, 0.25) is 0 Å². The maximum Gasteiger partial charge on any atom is 0.191 e. The molecule has 1 aromatic heterocycles. The molecule has 0 aromatic carbocycles. The first kappa shape index (κ1) is 18.3. The first-order valence-electron chi connectivity index (χ1n) is 7.68. The van der Waals surface area contributed by atoms with E-state index in [1.807, 2.05) is 6.07 Å². The summed E-state index contributed by atoms with van der Waals surface area (Å²) >= 11 is 0. The van der Waals surface area contributed by atoms with Gasteiger partial charge in [-0.15, -0.1) is 24.0 Å². The normalized spacial score (nSPS) is 22.5. The monoisotopic (exact) mass is 406 g/mol. The molecule has 6 heteroatoms. The second-order valence-corrected chi connectivity index (χ2v) is 5.57. The zero-order valence-electron chi connectivity index (χ0n) is 13.0. The van der Waals surface area contributed by atoms with Gasteiger partial charge in [-0.25, -0.2) is 0 Å². The average Bonchev–Trinajstić information content (AvgIpc) is 2.99. The Morgan fingerprint density at radius 2 is 2.14 bits per heavy atom. The number of guanidine groups is 1. The highest BCUT2D eigenvalue weighted by molar-refractivity contribution is 14.0. The van der Waals surface area contributed by atoms with Gasteiger partial charge in [0.2, 0.25) is 0 Å². The van der Waals surface area contributed by atoms with E-state index in [-0.39, 0.29) is 24.0 Å². The van der Waals surface area contributed by atoms with Crippen LogP contribution in [-0.2, 0) is 6.54 Å². The molecule has 2 N–H and O–H groups in total. The van der Waals surface area contributed by atoms with Gasteiger partial charge in [0.15, 0.2) is 5.96 Å². The van der Waals surface area contributed by atoms with Crippen LogP contribution in [0.1, 0.15) is 51.1 Å². The fourth-order valence-corrected chi connectivity index (χ4v) is 2.89. The lowest BCUT2D eigenvalue weighted by Crippen LogP contribution is -2.44. The Hall–Kier alpha value is -0.790. The van der Waals surface area contributed by atoms with Crippen molar-refractivity contribution in [3.63, 3.8) is 0 Å². The Kier molecular flexibility index (Phi) is 8.72. The standard InChI is InChI=1S/C15H26N4O.HI/c1-3-4-12-5-7-13(8-6-12)18-15(16-2)17-11-14-9-10-20-19-14;/h9-10,12-13H,3-8,11H2,1-2H3,(H2,16,17,18);1H. The number of aromatic nitrogens is 1. The molecule has 1 saturated carbocycles. The third kappa shape index (κ3) is 6.23. The number of halogens is 1. The molecule has 1 heterocycles. The van der Waals surface area contributed by atoms with Crippen LogP contribution in [0.25, 0.3) is 0 Å². The van der Waals surface area contributed by atoms with E-state index in [1.165, 1.54) is 38.5 Å². The molecule has 0 aliphatic heterocycles. The maximum atomic E-state index is 4.81. The summed E-state index contributed by atoms with van der Waals surface area (Å²) in [4.78, 5) is 4.27. The molecular formula is C15H27IN4O. The lowest BCUT2D eigenvalue weighted by atomic mass is 9.83. The number of hydrogen-bond donors (Lipinski definition) is 2. The second kappa shape index (κ2) is 10.0. The molecule has 0 bridgehead atoms. The molecule has 1 aliphatic rings. The van der Waals surface area contributed by atoms with E-state index in [1.54, 1.807) is 13.3 Å². The van der Waals surface area contributed by atoms with Gasteiger partial charge in [-0.3, -0.25) is 4.99 Å². The van der Waals surface area contributed by atoms with Crippen LogP contribution in [0.4, 0.5) is 0 Å². The Balaban J connectivity index is 0.00000220. The molecule has 0 unspecified atom stereocenters. The highest BCUT2D eigenvalue weighted by Gasteiger charge is 2.21. The van der Waals surface area contributed by atoms with Crippen molar-refractivity contribution in [1.82, 2.24) is 15.8 Å². The van der Waals surface area contributed by atoms with Crippen LogP contribution in [0.3, 0.4) is 0 Å². The third-order valence-corrected chi connectivity index (χ3v) is 4.04. The highest BCUT2D eigenvalue weighted by Crippen LogP contribution is 2.27. The van der Waals surface area contributed by atoms with E-state index in [4.69, 9.17) is 4.52 Å². The zero-order chi connectivity index (χ0) is 14.2. The molecule has 21 heavy (non-hydrogen) atoms. The summed E-state index contributed by atoms with van der Waals surface area (Å²) in [6, 6.07) is 2.41. The molecule has 120 valence electrons. The molecular weight excluding hydrogens is 379 g/mol. The fraction of sp³-hybridized carbons (Fsp3) is 0.733. The Morgan fingerprint density at radius 1 is 1.38 bits per heavy atom. The molecule has 0 spiro atoms. The third-order valence-electron chi connectivity index (χ3n) is 4.04. The Morgan fingerprint density at radius 3 is 2.71 bits per heavy atom. The molecule has 0 amide bonds. The van der Waals surface area contributed by atoms with Crippen molar-refractivity contribution in [2.24, 2.45) is 10.9 Å². The predicted octanol–water partition coefficient (Wildman–Crippen LogP) is 3.32. The largest absolute Gasteiger partial charge is 0.364 e. The first-order chi connectivity index (χ1) is 9.81. The van der Waals surface area contributed by atoms with Crippen molar-refractivity contribution in [2.75, 3.05) is 7.05 Å². The van der Waals surface area contributed by atoms with Gasteiger partial charge in [-0.1, -0.05) is 24.9 Å². The van der Waals surface area contributed by atoms with Crippen molar-refractivity contribution in [3.05, 3.63) is 18.0 Å². The zero-order valence-corrected chi connectivity index (χ0v) is 15.3. The number of rotatable bonds is 5. The number of hydrogen-bond acceptors (Lipinski definition) is 3. The smallest absolute Gasteiger partial charge is 0.191 e. The van der Waals surface area contributed by atoms with Crippen molar-refractivity contribution < 1.29 is 4.52 Å². The van der Waals surface area contributed by atoms with Gasteiger partial charge >= 0.3 is 0 Å². The van der Waals surface area contributed by atoms with Gasteiger partial charge in [0.25, 0.3) is 0 Å². The minimum Gasteiger partial charge on any atom is -0.364 e. The minimum absolute atomic E-state index is 0. The first-order valence-corrected chi connectivity index (χ1v) is 7.68. The van der Waals surface area contributed by atoms with Gasteiger partial charge in [0.1, 0.15) is 12.0 Å². The van der Waals surface area contributed by atoms with E-state index in [2.05, 4.69) is 27.7 Å². The van der Waals surface area contributed by atoms with Gasteiger partial charge in [-0.2, -0.15) is 0 Å². The van der Waals surface area contributed by atoms with Crippen LogP contribution >= 0.6 is 24.0 Å². The van der Waals surface area contributed by atoms with Crippen LogP contribution in [0.5, 0.6) is 0 Å². The lowest BCUT2D eigenvalue weighted by Gasteiger charge is -2.30. The molecule has 2 rings (SSSR count). The summed E-state index contributed by atoms with van der Waals surface area (Å²) in [6.07, 6.45) is 9.44. The summed E-state index contributed by atoms with van der Waals surface area (Å²) in [5.74, 6) is 1.79. The molecule has 0 saturated heterocycles. The molecule has 0 radical (unpaired) electrons. The number of nitrogens with zero attached hydrogens (tertiary/aromatic N) is 2. The number of nitrogens with one attached hydrogen (secondary N) is 2. The molecule has 1 aliphatic carbocycles. The van der Waals surface area contributed by atoms with Crippen molar-refractivity contribution in [2.45, 2.75) is 58.0 Å². The van der Waals surface area contributed by atoms with E-state index in [0.29, 0.717) is 12.6 Å². The van der Waals surface area contributed by atoms with Gasteiger partial charge in [-0.05, 0) is 31.6 Å². The topological polar surface area (TPSA) is 62.5 Å². The summed E-state index contributed by atoms with van der Waals surface area (Å²) in [5, 5.41) is 10.7. The number of aliphatic imine (C=N–C) groups is 1. The van der Waals surface area contributed by atoms with E-state index < -0.39 is 0 Å². The maximum absolute atomic E-state index is 4.81. The van der Waals surface area contributed by atoms with E-state index in [9.17, 15) is 0 Å². The molecule has 1 aromatic rings. The summed E-state index contributed by atoms with van der Waals surface area (Å²) < 4.78 is 4.81.